The van der Waals surface area contributed by atoms with Gasteiger partial charge in [0, 0.05) is 18.6 Å². The summed E-state index contributed by atoms with van der Waals surface area (Å²) in [5.41, 5.74) is 3.33. The number of carbonyl (C=O) groups is 1. The molecule has 4 nitrogen and oxygen atoms in total. The first-order valence-corrected chi connectivity index (χ1v) is 7.55. The lowest BCUT2D eigenvalue weighted by Gasteiger charge is -1.98. The lowest BCUT2D eigenvalue weighted by atomic mass is 10.2. The van der Waals surface area contributed by atoms with Crippen molar-refractivity contribution < 1.29 is 9.90 Å². The molecule has 0 radical (unpaired) electrons. The van der Waals surface area contributed by atoms with Crippen LogP contribution in [0.3, 0.4) is 0 Å². The molecule has 1 aromatic heterocycles. The van der Waals surface area contributed by atoms with Gasteiger partial charge in [-0.1, -0.05) is 6.07 Å². The molecule has 0 amide bonds. The number of aryl methyl sites for hydroxylation is 2. The third-order valence-electron chi connectivity index (χ3n) is 2.85. The average molecular weight is 278 g/mol. The van der Waals surface area contributed by atoms with Crippen molar-refractivity contribution in [3.8, 4) is 0 Å². The Bertz CT molecular complexity index is 566. The first kappa shape index (κ1) is 13.9. The van der Waals surface area contributed by atoms with Crippen LogP contribution in [0, 0.1) is 6.92 Å². The minimum atomic E-state index is -0.715. The van der Waals surface area contributed by atoms with Gasteiger partial charge in [-0.2, -0.15) is 11.8 Å². The summed E-state index contributed by atoms with van der Waals surface area (Å²) in [7, 11) is 0. The number of carboxylic acids is 1. The summed E-state index contributed by atoms with van der Waals surface area (Å²) in [6.45, 7) is 2.07. The Morgan fingerprint density at radius 1 is 1.42 bits per heavy atom. The number of fused-ring (bicyclic) bond motifs is 1. The van der Waals surface area contributed by atoms with Crippen molar-refractivity contribution in [2.45, 2.75) is 26.2 Å². The Kier molecular flexibility index (Phi) is 4.85. The molecule has 1 heterocycles. The molecule has 0 unspecified atom stereocenters. The van der Waals surface area contributed by atoms with Crippen molar-refractivity contribution in [3.05, 3.63) is 29.6 Å². The maximum absolute atomic E-state index is 10.4. The second kappa shape index (κ2) is 6.61. The Labute approximate surface area is 116 Å². The molecule has 1 aromatic carbocycles. The zero-order valence-electron chi connectivity index (χ0n) is 11.0. The lowest BCUT2D eigenvalue weighted by molar-refractivity contribution is -0.137. The van der Waals surface area contributed by atoms with Crippen LogP contribution in [-0.2, 0) is 11.2 Å². The minimum Gasteiger partial charge on any atom is -0.481 e. The molecule has 19 heavy (non-hydrogen) atoms. The molecule has 0 spiro atoms. The molecular formula is C14H18N2O2S. The van der Waals surface area contributed by atoms with E-state index >= 15 is 0 Å². The molecule has 0 fully saturated rings. The summed E-state index contributed by atoms with van der Waals surface area (Å²) >= 11 is 1.78. The van der Waals surface area contributed by atoms with Gasteiger partial charge in [0.05, 0.1) is 11.0 Å². The fourth-order valence-corrected chi connectivity index (χ4v) is 2.78. The largest absolute Gasteiger partial charge is 0.481 e. The Morgan fingerprint density at radius 2 is 2.26 bits per heavy atom. The molecule has 0 saturated carbocycles. The molecule has 2 N–H and O–H groups in total. The highest BCUT2D eigenvalue weighted by Gasteiger charge is 2.03. The number of benzene rings is 1. The van der Waals surface area contributed by atoms with Gasteiger partial charge in [0.2, 0.25) is 0 Å². The van der Waals surface area contributed by atoms with Crippen LogP contribution in [0.2, 0.25) is 0 Å². The maximum Gasteiger partial charge on any atom is 0.303 e. The highest BCUT2D eigenvalue weighted by molar-refractivity contribution is 7.99. The van der Waals surface area contributed by atoms with Crippen molar-refractivity contribution >= 4 is 28.8 Å². The zero-order valence-corrected chi connectivity index (χ0v) is 11.8. The number of nitrogens with zero attached hydrogens (tertiary/aromatic N) is 1. The van der Waals surface area contributed by atoms with Crippen LogP contribution in [0.25, 0.3) is 11.0 Å². The number of carboxylic acid groups (broad SMARTS) is 1. The number of aromatic amines is 1. The van der Waals surface area contributed by atoms with Crippen LogP contribution in [-0.4, -0.2) is 32.5 Å². The molecule has 0 aliphatic heterocycles. The number of rotatable bonds is 7. The molecule has 2 rings (SSSR count). The zero-order chi connectivity index (χ0) is 13.7. The number of thioether (sulfide) groups is 1. The fraction of sp³-hybridized carbons (Fsp3) is 0.429. The number of aliphatic carboxylic acids is 1. The van der Waals surface area contributed by atoms with E-state index in [1.165, 1.54) is 5.56 Å². The number of hydrogen-bond acceptors (Lipinski definition) is 3. The Hall–Kier alpha value is -1.49. The predicted octanol–water partition coefficient (Wildman–Crippen LogP) is 3.01. The molecule has 5 heteroatoms. The second-order valence-corrected chi connectivity index (χ2v) is 5.79. The Morgan fingerprint density at radius 3 is 3.05 bits per heavy atom. The number of imidazole rings is 1. The van der Waals surface area contributed by atoms with Gasteiger partial charge in [-0.3, -0.25) is 4.79 Å². The topological polar surface area (TPSA) is 66.0 Å². The van der Waals surface area contributed by atoms with E-state index in [0.29, 0.717) is 0 Å². The first-order valence-electron chi connectivity index (χ1n) is 6.40. The molecule has 0 aliphatic carbocycles. The normalized spacial score (nSPS) is 11.0. The van der Waals surface area contributed by atoms with Crippen LogP contribution in [0.5, 0.6) is 0 Å². The van der Waals surface area contributed by atoms with Gasteiger partial charge in [0.1, 0.15) is 5.82 Å². The summed E-state index contributed by atoms with van der Waals surface area (Å²) in [5, 5.41) is 8.53. The quantitative estimate of drug-likeness (QED) is 0.764. The standard InChI is InChI=1S/C14H18N2O2S/c1-10-4-5-11-12(9-10)16-13(15-11)6-8-19-7-2-3-14(17)18/h4-5,9H,2-3,6-8H2,1H3,(H,15,16)(H,17,18). The smallest absolute Gasteiger partial charge is 0.303 e. The predicted molar refractivity (Wildman–Crippen MR) is 78.7 cm³/mol. The maximum atomic E-state index is 10.4. The number of hydrogen-bond donors (Lipinski definition) is 2. The van der Waals surface area contributed by atoms with E-state index in [2.05, 4.69) is 29.0 Å². The lowest BCUT2D eigenvalue weighted by Crippen LogP contribution is -1.96. The van der Waals surface area contributed by atoms with E-state index in [1.54, 1.807) is 11.8 Å². The van der Waals surface area contributed by atoms with Crippen molar-refractivity contribution in [2.24, 2.45) is 0 Å². The number of H-pyrrole nitrogens is 1. The van der Waals surface area contributed by atoms with Crippen LogP contribution in [0.15, 0.2) is 18.2 Å². The summed E-state index contributed by atoms with van der Waals surface area (Å²) in [4.78, 5) is 18.2. The molecule has 0 bridgehead atoms. The van der Waals surface area contributed by atoms with E-state index in [-0.39, 0.29) is 6.42 Å². The highest BCUT2D eigenvalue weighted by atomic mass is 32.2. The first-order chi connectivity index (χ1) is 9.15. The second-order valence-electron chi connectivity index (χ2n) is 4.56. The van der Waals surface area contributed by atoms with Gasteiger partial charge in [-0.05, 0) is 36.8 Å². The fourth-order valence-electron chi connectivity index (χ4n) is 1.89. The third kappa shape index (κ3) is 4.28. The van der Waals surface area contributed by atoms with Crippen molar-refractivity contribution in [1.82, 2.24) is 9.97 Å². The van der Waals surface area contributed by atoms with Crippen LogP contribution in [0.1, 0.15) is 24.2 Å². The van der Waals surface area contributed by atoms with E-state index in [4.69, 9.17) is 5.11 Å². The minimum absolute atomic E-state index is 0.261. The molecular weight excluding hydrogens is 260 g/mol. The third-order valence-corrected chi connectivity index (χ3v) is 3.92. The number of nitrogens with one attached hydrogen (secondary N) is 1. The van der Waals surface area contributed by atoms with Crippen molar-refractivity contribution in [1.29, 1.82) is 0 Å². The van der Waals surface area contributed by atoms with E-state index in [1.807, 2.05) is 6.07 Å². The van der Waals surface area contributed by atoms with Gasteiger partial charge in [-0.25, -0.2) is 4.98 Å². The summed E-state index contributed by atoms with van der Waals surface area (Å²) in [6, 6.07) is 6.20. The van der Waals surface area contributed by atoms with Gasteiger partial charge in [0.15, 0.2) is 0 Å². The summed E-state index contributed by atoms with van der Waals surface area (Å²) in [5.74, 6) is 2.16. The molecule has 0 saturated heterocycles. The van der Waals surface area contributed by atoms with E-state index < -0.39 is 5.97 Å². The molecule has 0 atom stereocenters. The summed E-state index contributed by atoms with van der Waals surface area (Å²) < 4.78 is 0. The van der Waals surface area contributed by atoms with Crippen LogP contribution in [0.4, 0.5) is 0 Å². The van der Waals surface area contributed by atoms with Crippen LogP contribution < -0.4 is 0 Å². The van der Waals surface area contributed by atoms with Gasteiger partial charge >= 0.3 is 5.97 Å². The van der Waals surface area contributed by atoms with Gasteiger partial charge in [0.25, 0.3) is 0 Å². The summed E-state index contributed by atoms with van der Waals surface area (Å²) in [6.07, 6.45) is 1.89. The molecule has 2 aromatic rings. The Balaban J connectivity index is 1.77. The monoisotopic (exact) mass is 278 g/mol. The van der Waals surface area contributed by atoms with Gasteiger partial charge in [-0.15, -0.1) is 0 Å². The number of aromatic nitrogens is 2. The van der Waals surface area contributed by atoms with E-state index in [9.17, 15) is 4.79 Å². The SMILES string of the molecule is Cc1ccc2nc(CCSCCCC(=O)O)[nH]c2c1. The molecule has 102 valence electrons. The molecule has 0 aliphatic rings. The van der Waals surface area contributed by atoms with Gasteiger partial charge < -0.3 is 10.1 Å². The van der Waals surface area contributed by atoms with E-state index in [0.717, 1.165) is 41.2 Å². The highest BCUT2D eigenvalue weighted by Crippen LogP contribution is 2.15. The van der Waals surface area contributed by atoms with Crippen molar-refractivity contribution in [3.63, 3.8) is 0 Å². The van der Waals surface area contributed by atoms with Crippen LogP contribution >= 0.6 is 11.8 Å². The van der Waals surface area contributed by atoms with Crippen molar-refractivity contribution in [2.75, 3.05) is 11.5 Å². The average Bonchev–Trinajstić information content (AvgIpc) is 2.75.